The second-order valence-corrected chi connectivity index (χ2v) is 11.8. The molecule has 1 fully saturated rings. The number of carbonyl (C=O) groups excluding carboxylic acids is 2. The molecule has 0 spiro atoms. The van der Waals surface area contributed by atoms with Gasteiger partial charge in [-0.25, -0.2) is 0 Å². The highest BCUT2D eigenvalue weighted by Crippen LogP contribution is 2.39. The fourth-order valence-corrected chi connectivity index (χ4v) is 6.75. The van der Waals surface area contributed by atoms with Gasteiger partial charge in [0.25, 0.3) is 0 Å². The Bertz CT molecular complexity index is 658. The summed E-state index contributed by atoms with van der Waals surface area (Å²) < 4.78 is 0. The van der Waals surface area contributed by atoms with Crippen LogP contribution in [-0.4, -0.2) is 35.9 Å². The molecule has 174 valence electrons. The Morgan fingerprint density at radius 2 is 1.71 bits per heavy atom. The number of hydrogen-bond donors (Lipinski definition) is 2. The van der Waals surface area contributed by atoms with E-state index >= 15 is 0 Å². The molecule has 0 aliphatic carbocycles. The SMILES string of the molecule is CC(C)Cc1ccc(C(C)C(=O)NCCCCNC(=O)CCCC[C@@H]2CCSS2)cc1. The lowest BCUT2D eigenvalue weighted by Crippen LogP contribution is -2.30. The van der Waals surface area contributed by atoms with Gasteiger partial charge in [-0.3, -0.25) is 9.59 Å². The van der Waals surface area contributed by atoms with E-state index in [4.69, 9.17) is 0 Å². The van der Waals surface area contributed by atoms with Crippen LogP contribution in [0.4, 0.5) is 0 Å². The van der Waals surface area contributed by atoms with Crippen LogP contribution in [0.5, 0.6) is 0 Å². The second kappa shape index (κ2) is 14.8. The van der Waals surface area contributed by atoms with Crippen molar-refractivity contribution < 1.29 is 9.59 Å². The Kier molecular flexibility index (Phi) is 12.5. The lowest BCUT2D eigenvalue weighted by Gasteiger charge is -2.14. The van der Waals surface area contributed by atoms with E-state index in [9.17, 15) is 9.59 Å². The standard InChI is InChI=1S/C25H40N2O2S2/c1-19(2)18-21-10-12-22(13-11-21)20(3)25(29)27-16-7-6-15-26-24(28)9-5-4-8-23-14-17-30-31-23/h10-13,19-20,23H,4-9,14-18H2,1-3H3,(H,26,28)(H,27,29)/t20?,23-/m1/s1. The van der Waals surface area contributed by atoms with Gasteiger partial charge >= 0.3 is 0 Å². The largest absolute Gasteiger partial charge is 0.356 e. The molecule has 0 bridgehead atoms. The summed E-state index contributed by atoms with van der Waals surface area (Å²) in [6, 6.07) is 8.41. The van der Waals surface area contributed by atoms with Gasteiger partial charge in [0.2, 0.25) is 11.8 Å². The number of carbonyl (C=O) groups is 2. The van der Waals surface area contributed by atoms with Crippen LogP contribution in [0.1, 0.15) is 82.8 Å². The van der Waals surface area contributed by atoms with Crippen LogP contribution in [0.3, 0.4) is 0 Å². The molecule has 4 nitrogen and oxygen atoms in total. The van der Waals surface area contributed by atoms with E-state index in [0.29, 0.717) is 25.4 Å². The first-order valence-corrected chi connectivity index (χ1v) is 14.3. The van der Waals surface area contributed by atoms with Crippen LogP contribution >= 0.6 is 21.6 Å². The second-order valence-electron chi connectivity index (χ2n) is 8.98. The summed E-state index contributed by atoms with van der Waals surface area (Å²) in [6.45, 7) is 7.73. The minimum atomic E-state index is -0.144. The van der Waals surface area contributed by atoms with Gasteiger partial charge in [-0.15, -0.1) is 0 Å². The molecular weight excluding hydrogens is 424 g/mol. The van der Waals surface area contributed by atoms with E-state index in [1.54, 1.807) is 0 Å². The van der Waals surface area contributed by atoms with E-state index in [1.807, 2.05) is 28.5 Å². The van der Waals surface area contributed by atoms with Crippen molar-refractivity contribution in [3.05, 3.63) is 35.4 Å². The highest BCUT2D eigenvalue weighted by Gasteiger charge is 2.16. The van der Waals surface area contributed by atoms with Crippen LogP contribution in [0.2, 0.25) is 0 Å². The zero-order valence-electron chi connectivity index (χ0n) is 19.5. The predicted molar refractivity (Wildman–Crippen MR) is 136 cm³/mol. The van der Waals surface area contributed by atoms with Crippen molar-refractivity contribution >= 4 is 33.4 Å². The summed E-state index contributed by atoms with van der Waals surface area (Å²) in [6.07, 6.45) is 8.16. The van der Waals surface area contributed by atoms with Crippen molar-refractivity contribution in [1.82, 2.24) is 10.6 Å². The van der Waals surface area contributed by atoms with Crippen LogP contribution in [0.25, 0.3) is 0 Å². The zero-order valence-corrected chi connectivity index (χ0v) is 21.1. The van der Waals surface area contributed by atoms with Crippen LogP contribution < -0.4 is 10.6 Å². The van der Waals surface area contributed by atoms with Gasteiger partial charge in [0.05, 0.1) is 5.92 Å². The summed E-state index contributed by atoms with van der Waals surface area (Å²) in [5, 5.41) is 6.84. The van der Waals surface area contributed by atoms with E-state index in [1.165, 1.54) is 24.2 Å². The monoisotopic (exact) mass is 464 g/mol. The van der Waals surface area contributed by atoms with Gasteiger partial charge in [-0.05, 0) is 62.5 Å². The van der Waals surface area contributed by atoms with Crippen molar-refractivity contribution in [3.8, 4) is 0 Å². The summed E-state index contributed by atoms with van der Waals surface area (Å²) in [7, 11) is 3.99. The molecule has 31 heavy (non-hydrogen) atoms. The average molecular weight is 465 g/mol. The topological polar surface area (TPSA) is 58.2 Å². The lowest BCUT2D eigenvalue weighted by atomic mass is 9.96. The zero-order chi connectivity index (χ0) is 22.5. The summed E-state index contributed by atoms with van der Waals surface area (Å²) >= 11 is 0. The van der Waals surface area contributed by atoms with E-state index in [2.05, 4.69) is 48.7 Å². The maximum absolute atomic E-state index is 12.4. The molecule has 1 aliphatic heterocycles. The maximum Gasteiger partial charge on any atom is 0.227 e. The van der Waals surface area contributed by atoms with Gasteiger partial charge in [0.1, 0.15) is 0 Å². The molecule has 0 radical (unpaired) electrons. The highest BCUT2D eigenvalue weighted by molar-refractivity contribution is 8.77. The molecule has 1 heterocycles. The molecule has 1 aliphatic rings. The Hall–Kier alpha value is -1.14. The molecule has 2 rings (SSSR count). The fourth-order valence-electron chi connectivity index (χ4n) is 3.72. The summed E-state index contributed by atoms with van der Waals surface area (Å²) in [5.41, 5.74) is 2.38. The predicted octanol–water partition coefficient (Wildman–Crippen LogP) is 5.72. The number of unbranched alkanes of at least 4 members (excludes halogenated alkanes) is 2. The molecule has 6 heteroatoms. The van der Waals surface area contributed by atoms with Crippen molar-refractivity contribution in [3.63, 3.8) is 0 Å². The molecule has 0 saturated carbocycles. The quantitative estimate of drug-likeness (QED) is 0.273. The first-order chi connectivity index (χ1) is 15.0. The number of rotatable bonds is 14. The van der Waals surface area contributed by atoms with E-state index < -0.39 is 0 Å². The molecule has 2 N–H and O–H groups in total. The third kappa shape index (κ3) is 10.8. The number of nitrogens with one attached hydrogen (secondary N) is 2. The van der Waals surface area contributed by atoms with Gasteiger partial charge in [-0.1, -0.05) is 66.1 Å². The summed E-state index contributed by atoms with van der Waals surface area (Å²) in [4.78, 5) is 24.3. The molecular formula is C25H40N2O2S2. The molecule has 1 unspecified atom stereocenters. The minimum Gasteiger partial charge on any atom is -0.356 e. The molecule has 1 aromatic rings. The lowest BCUT2D eigenvalue weighted by molar-refractivity contribution is -0.122. The van der Waals surface area contributed by atoms with Crippen molar-refractivity contribution in [2.24, 2.45) is 5.92 Å². The fraction of sp³-hybridized carbons (Fsp3) is 0.680. The molecule has 0 aromatic heterocycles. The molecule has 1 saturated heterocycles. The normalized spacial score (nSPS) is 17.0. The maximum atomic E-state index is 12.4. The van der Waals surface area contributed by atoms with Crippen molar-refractivity contribution in [2.45, 2.75) is 83.3 Å². The number of amides is 2. The van der Waals surface area contributed by atoms with Gasteiger partial charge in [0.15, 0.2) is 0 Å². The van der Waals surface area contributed by atoms with Crippen molar-refractivity contribution in [1.29, 1.82) is 0 Å². The van der Waals surface area contributed by atoms with Gasteiger partial charge in [-0.2, -0.15) is 0 Å². The number of benzene rings is 1. The Balaban J connectivity index is 1.49. The number of hydrogen-bond acceptors (Lipinski definition) is 4. The van der Waals surface area contributed by atoms with Crippen molar-refractivity contribution in [2.75, 3.05) is 18.8 Å². The molecule has 1 aromatic carbocycles. The summed E-state index contributed by atoms with van der Waals surface area (Å²) in [5.74, 6) is 2.00. The van der Waals surface area contributed by atoms with Crippen LogP contribution in [0.15, 0.2) is 24.3 Å². The van der Waals surface area contributed by atoms with Gasteiger partial charge in [0, 0.05) is 30.5 Å². The van der Waals surface area contributed by atoms with Crippen LogP contribution in [-0.2, 0) is 16.0 Å². The minimum absolute atomic E-state index is 0.0690. The average Bonchev–Trinajstić information content (AvgIpc) is 3.26. The van der Waals surface area contributed by atoms with Gasteiger partial charge < -0.3 is 10.6 Å². The Morgan fingerprint density at radius 1 is 1.00 bits per heavy atom. The smallest absolute Gasteiger partial charge is 0.227 e. The third-order valence-electron chi connectivity index (χ3n) is 5.65. The third-order valence-corrected chi connectivity index (χ3v) is 8.66. The first kappa shape index (κ1) is 26.1. The molecule has 2 atom stereocenters. The molecule has 2 amide bonds. The van der Waals surface area contributed by atoms with Crippen LogP contribution in [0, 0.1) is 5.92 Å². The Labute approximate surface area is 196 Å². The highest BCUT2D eigenvalue weighted by atomic mass is 33.1. The Morgan fingerprint density at radius 3 is 2.35 bits per heavy atom. The first-order valence-electron chi connectivity index (χ1n) is 11.9. The van der Waals surface area contributed by atoms with E-state index in [-0.39, 0.29) is 17.7 Å². The van der Waals surface area contributed by atoms with E-state index in [0.717, 1.165) is 42.9 Å².